The molecule has 1 aliphatic heterocycles. The van der Waals surface area contributed by atoms with Gasteiger partial charge >= 0.3 is 0 Å². The molecule has 0 radical (unpaired) electrons. The molecule has 3 heteroatoms. The summed E-state index contributed by atoms with van der Waals surface area (Å²) in [6, 6.07) is 15.4. The molecule has 0 saturated carbocycles. The van der Waals surface area contributed by atoms with Gasteiger partial charge in [0.2, 0.25) is 0 Å². The second kappa shape index (κ2) is 4.69. The first-order valence-electron chi connectivity index (χ1n) is 6.27. The number of nitrogens with one attached hydrogen (secondary N) is 1. The molecule has 0 fully saturated rings. The summed E-state index contributed by atoms with van der Waals surface area (Å²) < 4.78 is 0. The summed E-state index contributed by atoms with van der Waals surface area (Å²) in [6.45, 7) is 2.05. The van der Waals surface area contributed by atoms with Crippen LogP contribution in [0, 0.1) is 0 Å². The fourth-order valence-corrected chi connectivity index (χ4v) is 2.21. The van der Waals surface area contributed by atoms with Crippen molar-refractivity contribution in [3.8, 4) is 0 Å². The van der Waals surface area contributed by atoms with Crippen molar-refractivity contribution < 1.29 is 4.79 Å². The Morgan fingerprint density at radius 3 is 2.74 bits per heavy atom. The highest BCUT2D eigenvalue weighted by molar-refractivity contribution is 6.05. The summed E-state index contributed by atoms with van der Waals surface area (Å²) in [4.78, 5) is 16.5. The Morgan fingerprint density at radius 2 is 1.95 bits per heavy atom. The molecule has 0 bridgehead atoms. The van der Waals surface area contributed by atoms with Crippen LogP contribution < -0.4 is 5.32 Å². The minimum absolute atomic E-state index is 0.0954. The third-order valence-electron chi connectivity index (χ3n) is 3.27. The van der Waals surface area contributed by atoms with E-state index in [1.807, 2.05) is 61.7 Å². The molecule has 1 heterocycles. The van der Waals surface area contributed by atoms with E-state index < -0.39 is 0 Å². The van der Waals surface area contributed by atoms with Crippen LogP contribution in [0.25, 0.3) is 0 Å². The summed E-state index contributed by atoms with van der Waals surface area (Å²) in [6.07, 6.45) is 1.83. The SMILES string of the molecule is CC1N=Cc2cc(C(=O)Nc3ccccc3)ccc21. The highest BCUT2D eigenvalue weighted by Crippen LogP contribution is 2.26. The maximum Gasteiger partial charge on any atom is 0.255 e. The number of hydrogen-bond acceptors (Lipinski definition) is 2. The zero-order valence-corrected chi connectivity index (χ0v) is 10.6. The molecule has 1 unspecified atom stereocenters. The van der Waals surface area contributed by atoms with E-state index in [1.165, 1.54) is 5.56 Å². The van der Waals surface area contributed by atoms with Crippen molar-refractivity contribution in [1.82, 2.24) is 0 Å². The molecule has 19 heavy (non-hydrogen) atoms. The van der Waals surface area contributed by atoms with E-state index in [4.69, 9.17) is 0 Å². The van der Waals surface area contributed by atoms with Crippen LogP contribution in [0.5, 0.6) is 0 Å². The Kier molecular flexibility index (Phi) is 2.88. The third-order valence-corrected chi connectivity index (χ3v) is 3.27. The third kappa shape index (κ3) is 2.27. The number of para-hydroxylation sites is 1. The predicted molar refractivity (Wildman–Crippen MR) is 76.8 cm³/mol. The Labute approximate surface area is 112 Å². The number of benzene rings is 2. The van der Waals surface area contributed by atoms with Gasteiger partial charge in [-0.1, -0.05) is 24.3 Å². The molecule has 0 saturated heterocycles. The zero-order chi connectivity index (χ0) is 13.2. The number of anilines is 1. The minimum atomic E-state index is -0.0954. The molecule has 0 aromatic heterocycles. The summed E-state index contributed by atoms with van der Waals surface area (Å²) in [5.74, 6) is -0.0954. The summed E-state index contributed by atoms with van der Waals surface area (Å²) in [7, 11) is 0. The number of carbonyl (C=O) groups is 1. The van der Waals surface area contributed by atoms with Crippen LogP contribution in [0.4, 0.5) is 5.69 Å². The predicted octanol–water partition coefficient (Wildman–Crippen LogP) is 3.43. The lowest BCUT2D eigenvalue weighted by atomic mass is 10.0. The van der Waals surface area contributed by atoms with Crippen LogP contribution in [0.2, 0.25) is 0 Å². The normalized spacial score (nSPS) is 16.2. The topological polar surface area (TPSA) is 41.5 Å². The van der Waals surface area contributed by atoms with E-state index in [2.05, 4.69) is 10.3 Å². The minimum Gasteiger partial charge on any atom is -0.322 e. The number of amides is 1. The molecule has 1 amide bonds. The average molecular weight is 250 g/mol. The van der Waals surface area contributed by atoms with E-state index in [9.17, 15) is 4.79 Å². The van der Waals surface area contributed by atoms with Crippen molar-refractivity contribution in [2.45, 2.75) is 13.0 Å². The van der Waals surface area contributed by atoms with Crippen molar-refractivity contribution in [3.63, 3.8) is 0 Å². The van der Waals surface area contributed by atoms with Crippen LogP contribution in [0.1, 0.15) is 34.5 Å². The Bertz CT molecular complexity index is 647. The van der Waals surface area contributed by atoms with E-state index >= 15 is 0 Å². The van der Waals surface area contributed by atoms with Gasteiger partial charge < -0.3 is 5.32 Å². The fourth-order valence-electron chi connectivity index (χ4n) is 2.21. The van der Waals surface area contributed by atoms with Gasteiger partial charge in [0.05, 0.1) is 6.04 Å². The molecule has 0 aliphatic carbocycles. The van der Waals surface area contributed by atoms with Crippen molar-refractivity contribution in [2.24, 2.45) is 4.99 Å². The molecular weight excluding hydrogens is 236 g/mol. The number of aliphatic imine (C=N–C) groups is 1. The molecule has 0 spiro atoms. The monoisotopic (exact) mass is 250 g/mol. The largest absolute Gasteiger partial charge is 0.322 e. The molecular formula is C16H14N2O. The number of fused-ring (bicyclic) bond motifs is 1. The van der Waals surface area contributed by atoms with E-state index in [1.54, 1.807) is 0 Å². The van der Waals surface area contributed by atoms with Gasteiger partial charge in [-0.15, -0.1) is 0 Å². The number of nitrogens with zero attached hydrogens (tertiary/aromatic N) is 1. The molecule has 3 rings (SSSR count). The first kappa shape index (κ1) is 11.7. The lowest BCUT2D eigenvalue weighted by Crippen LogP contribution is -2.12. The van der Waals surface area contributed by atoms with Gasteiger partial charge in [0.1, 0.15) is 0 Å². The Morgan fingerprint density at radius 1 is 1.16 bits per heavy atom. The smallest absolute Gasteiger partial charge is 0.255 e. The van der Waals surface area contributed by atoms with Crippen LogP contribution in [-0.2, 0) is 0 Å². The second-order valence-electron chi connectivity index (χ2n) is 4.62. The van der Waals surface area contributed by atoms with Crippen LogP contribution in [0.15, 0.2) is 53.5 Å². The van der Waals surface area contributed by atoms with Gasteiger partial charge in [-0.25, -0.2) is 0 Å². The van der Waals surface area contributed by atoms with E-state index in [-0.39, 0.29) is 11.9 Å². The van der Waals surface area contributed by atoms with Gasteiger partial charge in [-0.2, -0.15) is 0 Å². The molecule has 2 aromatic carbocycles. The summed E-state index contributed by atoms with van der Waals surface area (Å²) >= 11 is 0. The number of hydrogen-bond donors (Lipinski definition) is 1. The van der Waals surface area contributed by atoms with Crippen LogP contribution in [0.3, 0.4) is 0 Å². The number of rotatable bonds is 2. The first-order valence-corrected chi connectivity index (χ1v) is 6.27. The van der Waals surface area contributed by atoms with E-state index in [0.717, 1.165) is 11.3 Å². The highest BCUT2D eigenvalue weighted by atomic mass is 16.1. The first-order chi connectivity index (χ1) is 9.24. The summed E-state index contributed by atoms with van der Waals surface area (Å²) in [5, 5.41) is 2.88. The lowest BCUT2D eigenvalue weighted by molar-refractivity contribution is 0.102. The highest BCUT2D eigenvalue weighted by Gasteiger charge is 2.16. The second-order valence-corrected chi connectivity index (χ2v) is 4.62. The van der Waals surface area contributed by atoms with Gasteiger partial charge in [0.25, 0.3) is 5.91 Å². The molecule has 3 nitrogen and oxygen atoms in total. The molecule has 1 aliphatic rings. The molecule has 94 valence electrons. The zero-order valence-electron chi connectivity index (χ0n) is 10.6. The molecule has 2 aromatic rings. The van der Waals surface area contributed by atoms with Crippen molar-refractivity contribution in [2.75, 3.05) is 5.32 Å². The van der Waals surface area contributed by atoms with Crippen LogP contribution in [-0.4, -0.2) is 12.1 Å². The number of carbonyl (C=O) groups excluding carboxylic acids is 1. The maximum atomic E-state index is 12.1. The maximum absolute atomic E-state index is 12.1. The average Bonchev–Trinajstić information content (AvgIpc) is 2.81. The van der Waals surface area contributed by atoms with Crippen molar-refractivity contribution in [3.05, 3.63) is 65.2 Å². The Hall–Kier alpha value is -2.42. The summed E-state index contributed by atoms with van der Waals surface area (Å²) in [5.41, 5.74) is 3.67. The van der Waals surface area contributed by atoms with Gasteiger partial charge in [-0.3, -0.25) is 9.79 Å². The standard InChI is InChI=1S/C16H14N2O/c1-11-15-8-7-12(9-13(15)10-17-11)16(19)18-14-5-3-2-4-6-14/h2-11H,1H3,(H,18,19). The van der Waals surface area contributed by atoms with Crippen LogP contribution >= 0.6 is 0 Å². The Balaban J connectivity index is 1.83. The van der Waals surface area contributed by atoms with Crippen molar-refractivity contribution in [1.29, 1.82) is 0 Å². The van der Waals surface area contributed by atoms with Gasteiger partial charge in [0.15, 0.2) is 0 Å². The quantitative estimate of drug-likeness (QED) is 0.871. The van der Waals surface area contributed by atoms with Gasteiger partial charge in [-0.05, 0) is 42.3 Å². The molecule has 1 atom stereocenters. The van der Waals surface area contributed by atoms with Crippen molar-refractivity contribution >= 4 is 17.8 Å². The fraction of sp³-hybridized carbons (Fsp3) is 0.125. The van der Waals surface area contributed by atoms with E-state index in [0.29, 0.717) is 5.56 Å². The molecule has 1 N–H and O–H groups in total. The lowest BCUT2D eigenvalue weighted by Gasteiger charge is -2.07. The van der Waals surface area contributed by atoms with Gasteiger partial charge in [0, 0.05) is 17.5 Å².